The number of rotatable bonds is 7. The van der Waals surface area contributed by atoms with Crippen molar-refractivity contribution >= 4 is 65.5 Å². The van der Waals surface area contributed by atoms with Gasteiger partial charge in [-0.25, -0.2) is 9.97 Å². The molecule has 69 heavy (non-hydrogen) atoms. The highest BCUT2D eigenvalue weighted by atomic mass is 15.1. The Kier molecular flexibility index (Phi) is 8.75. The minimum absolute atomic E-state index is 0.682. The molecule has 6 heterocycles. The summed E-state index contributed by atoms with van der Waals surface area (Å²) in [5.41, 5.74) is 16.9. The Morgan fingerprint density at radius 3 is 1.67 bits per heavy atom. The van der Waals surface area contributed by atoms with E-state index in [1.54, 1.807) is 0 Å². The van der Waals surface area contributed by atoms with Gasteiger partial charge in [-0.3, -0.25) is 14.5 Å². The van der Waals surface area contributed by atoms with Crippen molar-refractivity contribution in [3.05, 3.63) is 237 Å². The normalized spacial score (nSPS) is 11.8. The second kappa shape index (κ2) is 15.6. The van der Waals surface area contributed by atoms with Crippen molar-refractivity contribution in [1.82, 2.24) is 33.6 Å². The highest BCUT2D eigenvalue weighted by molar-refractivity contribution is 6.13. The zero-order valence-corrected chi connectivity index (χ0v) is 37.1. The first-order valence-corrected chi connectivity index (χ1v) is 23.2. The van der Waals surface area contributed by atoms with E-state index in [0.717, 1.165) is 111 Å². The van der Waals surface area contributed by atoms with Gasteiger partial charge in [0.25, 0.3) is 0 Å². The van der Waals surface area contributed by atoms with E-state index in [0.29, 0.717) is 5.82 Å². The van der Waals surface area contributed by atoms with Gasteiger partial charge < -0.3 is 9.13 Å². The quantitative estimate of drug-likeness (QED) is 0.160. The number of benzene rings is 8. The minimum Gasteiger partial charge on any atom is -0.309 e. The third-order valence-corrected chi connectivity index (χ3v) is 13.6. The molecule has 0 saturated heterocycles. The predicted molar refractivity (Wildman–Crippen MR) is 282 cm³/mol. The molecule has 0 spiro atoms. The van der Waals surface area contributed by atoms with E-state index in [1.807, 2.05) is 48.9 Å². The van der Waals surface area contributed by atoms with Gasteiger partial charge in [-0.15, -0.1) is 0 Å². The van der Waals surface area contributed by atoms with E-state index < -0.39 is 0 Å². The Balaban J connectivity index is 0.890. The summed E-state index contributed by atoms with van der Waals surface area (Å²) in [4.78, 5) is 20.1. The van der Waals surface area contributed by atoms with Crippen LogP contribution in [0.5, 0.6) is 0 Å². The van der Waals surface area contributed by atoms with Crippen molar-refractivity contribution in [2.24, 2.45) is 0 Å². The predicted octanol–water partition coefficient (Wildman–Crippen LogP) is 15.2. The van der Waals surface area contributed by atoms with E-state index in [2.05, 4.69) is 202 Å². The Morgan fingerprint density at radius 1 is 0.304 bits per heavy atom. The maximum absolute atomic E-state index is 5.23. The molecule has 14 aromatic rings. The van der Waals surface area contributed by atoms with Crippen molar-refractivity contribution in [3.63, 3.8) is 0 Å². The van der Waals surface area contributed by atoms with Gasteiger partial charge in [0.05, 0.1) is 44.3 Å². The molecule has 7 heteroatoms. The standard InChI is InChI=1S/C62H39N7/c1-4-15-40(16-5-1)53-37-60(66-62(65-53)41-17-6-2-7-18-41)69-55-24-13-11-22-49(55)51-34-42(27-30-56(51)69)44-33-45(39-63-38-44)43-26-29-50-48-21-10-12-23-54(48)68(59(50)35-43)47-28-31-57-52(36-47)61-58(25-14-32-64-61)67(57)46-19-8-3-9-20-46/h1-39H. The minimum atomic E-state index is 0.682. The Morgan fingerprint density at radius 2 is 0.884 bits per heavy atom. The molecule has 8 aromatic carbocycles. The first-order valence-electron chi connectivity index (χ1n) is 23.2. The fourth-order valence-electron chi connectivity index (χ4n) is 10.4. The molecule has 0 atom stereocenters. The molecule has 0 fully saturated rings. The fourth-order valence-corrected chi connectivity index (χ4v) is 10.4. The first-order chi connectivity index (χ1) is 34.2. The van der Waals surface area contributed by atoms with E-state index in [4.69, 9.17) is 19.9 Å². The van der Waals surface area contributed by atoms with Crippen LogP contribution < -0.4 is 0 Å². The molecule has 0 N–H and O–H groups in total. The maximum atomic E-state index is 5.23. The zero-order chi connectivity index (χ0) is 45.4. The van der Waals surface area contributed by atoms with Gasteiger partial charge in [-0.1, -0.05) is 133 Å². The van der Waals surface area contributed by atoms with E-state index in [9.17, 15) is 0 Å². The third kappa shape index (κ3) is 6.29. The molecule has 14 rings (SSSR count). The van der Waals surface area contributed by atoms with Gasteiger partial charge >= 0.3 is 0 Å². The molecule has 0 aliphatic carbocycles. The molecular weight excluding hydrogens is 843 g/mol. The SMILES string of the molecule is c1ccc(-c2cc(-n3c4ccccc4c4cc(-c5cncc(-c6ccc7c8ccccc8n(-c8ccc9c(c8)c8ncccc8n9-c8ccccc8)c7c6)c5)ccc43)nc(-c3ccccc3)n2)cc1. The smallest absolute Gasteiger partial charge is 0.162 e. The molecular formula is C62H39N7. The average molecular weight is 882 g/mol. The van der Waals surface area contributed by atoms with Crippen molar-refractivity contribution in [2.75, 3.05) is 0 Å². The zero-order valence-electron chi connectivity index (χ0n) is 37.1. The molecule has 0 saturated carbocycles. The summed E-state index contributed by atoms with van der Waals surface area (Å²) in [6.07, 6.45) is 5.83. The van der Waals surface area contributed by atoms with Crippen molar-refractivity contribution in [3.8, 4) is 62.1 Å². The molecule has 0 bridgehead atoms. The van der Waals surface area contributed by atoms with Crippen LogP contribution >= 0.6 is 0 Å². The van der Waals surface area contributed by atoms with Crippen LogP contribution in [0.2, 0.25) is 0 Å². The maximum Gasteiger partial charge on any atom is 0.162 e. The summed E-state index contributed by atoms with van der Waals surface area (Å²) in [5, 5.41) is 5.80. The monoisotopic (exact) mass is 881 g/mol. The van der Waals surface area contributed by atoms with Gasteiger partial charge in [0.15, 0.2) is 5.82 Å². The summed E-state index contributed by atoms with van der Waals surface area (Å²) >= 11 is 0. The topological polar surface area (TPSA) is 66.3 Å². The second-order valence-electron chi connectivity index (χ2n) is 17.5. The molecule has 6 aromatic heterocycles. The Labute approximate surface area is 396 Å². The van der Waals surface area contributed by atoms with Crippen LogP contribution in [0.25, 0.3) is 128 Å². The van der Waals surface area contributed by atoms with Crippen LogP contribution in [-0.4, -0.2) is 33.6 Å². The number of pyridine rings is 2. The molecule has 0 aliphatic heterocycles. The first kappa shape index (κ1) is 38.8. The fraction of sp³-hybridized carbons (Fsp3) is 0. The van der Waals surface area contributed by atoms with Gasteiger partial charge in [-0.2, -0.15) is 0 Å². The van der Waals surface area contributed by atoms with Crippen LogP contribution in [-0.2, 0) is 0 Å². The second-order valence-corrected chi connectivity index (χ2v) is 17.5. The van der Waals surface area contributed by atoms with Crippen LogP contribution in [0.3, 0.4) is 0 Å². The van der Waals surface area contributed by atoms with E-state index >= 15 is 0 Å². The van der Waals surface area contributed by atoms with Crippen molar-refractivity contribution in [2.45, 2.75) is 0 Å². The van der Waals surface area contributed by atoms with Crippen LogP contribution in [0, 0.1) is 0 Å². The summed E-state index contributed by atoms with van der Waals surface area (Å²) in [5.74, 6) is 1.50. The number of hydrogen-bond donors (Lipinski definition) is 0. The summed E-state index contributed by atoms with van der Waals surface area (Å²) in [6.45, 7) is 0. The van der Waals surface area contributed by atoms with Crippen LogP contribution in [0.1, 0.15) is 0 Å². The lowest BCUT2D eigenvalue weighted by atomic mass is 9.99. The number of para-hydroxylation sites is 3. The molecule has 0 aliphatic rings. The largest absolute Gasteiger partial charge is 0.309 e. The molecule has 0 unspecified atom stereocenters. The highest BCUT2D eigenvalue weighted by Gasteiger charge is 2.20. The van der Waals surface area contributed by atoms with Gasteiger partial charge in [0.2, 0.25) is 0 Å². The molecule has 0 radical (unpaired) electrons. The van der Waals surface area contributed by atoms with Crippen molar-refractivity contribution in [1.29, 1.82) is 0 Å². The number of nitrogens with zero attached hydrogens (tertiary/aromatic N) is 7. The average Bonchev–Trinajstić information content (AvgIpc) is 4.06. The lowest BCUT2D eigenvalue weighted by Crippen LogP contribution is -2.02. The molecule has 0 amide bonds. The van der Waals surface area contributed by atoms with E-state index in [1.165, 1.54) is 10.8 Å². The molecule has 7 nitrogen and oxygen atoms in total. The third-order valence-electron chi connectivity index (χ3n) is 13.6. The lowest BCUT2D eigenvalue weighted by molar-refractivity contribution is 1.05. The lowest BCUT2D eigenvalue weighted by Gasteiger charge is -2.12. The Hall–Kier alpha value is -9.46. The van der Waals surface area contributed by atoms with E-state index in [-0.39, 0.29) is 0 Å². The van der Waals surface area contributed by atoms with Crippen LogP contribution in [0.4, 0.5) is 0 Å². The summed E-state index contributed by atoms with van der Waals surface area (Å²) < 4.78 is 6.97. The molecule has 322 valence electrons. The summed E-state index contributed by atoms with van der Waals surface area (Å²) in [6, 6.07) is 77.2. The van der Waals surface area contributed by atoms with Gasteiger partial charge in [0, 0.05) is 85.2 Å². The van der Waals surface area contributed by atoms with Gasteiger partial charge in [-0.05, 0) is 90.0 Å². The summed E-state index contributed by atoms with van der Waals surface area (Å²) in [7, 11) is 0. The van der Waals surface area contributed by atoms with Crippen LogP contribution in [0.15, 0.2) is 237 Å². The Bertz CT molecular complexity index is 4240. The van der Waals surface area contributed by atoms with Gasteiger partial charge in [0.1, 0.15) is 5.82 Å². The number of fused-ring (bicyclic) bond motifs is 9. The number of aromatic nitrogens is 7. The van der Waals surface area contributed by atoms with Crippen molar-refractivity contribution < 1.29 is 0 Å². The highest BCUT2D eigenvalue weighted by Crippen LogP contribution is 2.40. The number of hydrogen-bond acceptors (Lipinski definition) is 4.